The lowest BCUT2D eigenvalue weighted by molar-refractivity contribution is 0.509. The second kappa shape index (κ2) is 8.19. The van der Waals surface area contributed by atoms with Crippen molar-refractivity contribution in [3.8, 4) is 11.3 Å². The van der Waals surface area contributed by atoms with Gasteiger partial charge in [0, 0.05) is 17.5 Å². The maximum atomic E-state index is 14.1. The van der Waals surface area contributed by atoms with Crippen LogP contribution >= 0.6 is 0 Å². The Hall–Kier alpha value is -4.73. The van der Waals surface area contributed by atoms with Gasteiger partial charge in [0.25, 0.3) is 11.1 Å². The summed E-state index contributed by atoms with van der Waals surface area (Å²) in [5.41, 5.74) is 0.711. The highest BCUT2D eigenvalue weighted by Crippen LogP contribution is 2.26. The van der Waals surface area contributed by atoms with Gasteiger partial charge in [0.05, 0.1) is 22.0 Å². The van der Waals surface area contributed by atoms with Gasteiger partial charge in [-0.25, -0.2) is 13.5 Å². The van der Waals surface area contributed by atoms with Crippen LogP contribution in [0.15, 0.2) is 76.3 Å². The molecule has 6 aromatic rings. The van der Waals surface area contributed by atoms with E-state index in [2.05, 4.69) is 15.3 Å². The second-order valence-electron chi connectivity index (χ2n) is 8.30. The molecule has 0 radical (unpaired) electrons. The highest BCUT2D eigenvalue weighted by atomic mass is 19.2. The molecule has 0 amide bonds. The van der Waals surface area contributed by atoms with Gasteiger partial charge in [0.2, 0.25) is 5.78 Å². The van der Waals surface area contributed by atoms with Crippen LogP contribution in [0, 0.1) is 11.6 Å². The lowest BCUT2D eigenvalue weighted by atomic mass is 10.0. The number of halogens is 2. The maximum absolute atomic E-state index is 14.1. The van der Waals surface area contributed by atoms with Crippen LogP contribution in [0.25, 0.3) is 38.7 Å². The van der Waals surface area contributed by atoms with E-state index in [1.807, 2.05) is 13.0 Å². The molecule has 0 N–H and O–H groups in total. The molecule has 0 aliphatic heterocycles. The average molecular weight is 484 g/mol. The van der Waals surface area contributed by atoms with E-state index in [1.54, 1.807) is 46.9 Å². The number of aryl methyl sites for hydroxylation is 1. The Morgan fingerprint density at radius 2 is 1.53 bits per heavy atom. The molecule has 0 spiro atoms. The Balaban J connectivity index is 1.61. The van der Waals surface area contributed by atoms with Crippen molar-refractivity contribution >= 4 is 27.5 Å². The molecular formula is C26H18F2N6O2. The van der Waals surface area contributed by atoms with Crippen LogP contribution in [0.3, 0.4) is 0 Å². The zero-order chi connectivity index (χ0) is 25.0. The summed E-state index contributed by atoms with van der Waals surface area (Å²) in [5.74, 6) is -1.24. The van der Waals surface area contributed by atoms with Gasteiger partial charge in [-0.15, -0.1) is 10.2 Å². The maximum Gasteiger partial charge on any atom is 0.275 e. The Morgan fingerprint density at radius 3 is 2.28 bits per heavy atom. The number of fused-ring (bicyclic) bond motifs is 4. The number of hydrogen-bond donors (Lipinski definition) is 0. The normalized spacial score (nSPS) is 11.6. The predicted octanol–water partition coefficient (Wildman–Crippen LogP) is 3.77. The summed E-state index contributed by atoms with van der Waals surface area (Å²) >= 11 is 0. The molecule has 0 aliphatic carbocycles. The minimum atomic E-state index is -1.01. The van der Waals surface area contributed by atoms with Crippen LogP contribution < -0.4 is 11.1 Å². The number of para-hydroxylation sites is 1. The van der Waals surface area contributed by atoms with E-state index in [0.717, 1.165) is 12.1 Å². The number of aromatic nitrogens is 6. The first kappa shape index (κ1) is 21.8. The number of rotatable bonds is 4. The molecule has 10 heteroatoms. The number of nitrogens with zero attached hydrogens (tertiary/aromatic N) is 6. The molecule has 0 saturated carbocycles. The summed E-state index contributed by atoms with van der Waals surface area (Å²) in [6.45, 7) is 2.17. The molecule has 0 unspecified atom stereocenters. The number of benzene rings is 3. The largest absolute Gasteiger partial charge is 0.277 e. The molecule has 8 nitrogen and oxygen atoms in total. The van der Waals surface area contributed by atoms with Crippen molar-refractivity contribution in [1.29, 1.82) is 0 Å². The third-order valence-electron chi connectivity index (χ3n) is 6.24. The van der Waals surface area contributed by atoms with E-state index in [-0.39, 0.29) is 17.7 Å². The molecule has 36 heavy (non-hydrogen) atoms. The zero-order valence-electron chi connectivity index (χ0n) is 19.0. The van der Waals surface area contributed by atoms with Crippen molar-refractivity contribution in [3.63, 3.8) is 0 Å². The summed E-state index contributed by atoms with van der Waals surface area (Å²) in [6, 6.07) is 17.5. The van der Waals surface area contributed by atoms with Crippen molar-refractivity contribution in [3.05, 3.63) is 105 Å². The molecule has 3 aromatic carbocycles. The summed E-state index contributed by atoms with van der Waals surface area (Å²) in [5, 5.41) is 14.4. The van der Waals surface area contributed by atoms with Crippen molar-refractivity contribution in [2.24, 2.45) is 0 Å². The molecular weight excluding hydrogens is 466 g/mol. The minimum Gasteiger partial charge on any atom is -0.277 e. The molecule has 3 heterocycles. The quantitative estimate of drug-likeness (QED) is 0.380. The zero-order valence-corrected chi connectivity index (χ0v) is 19.0. The van der Waals surface area contributed by atoms with Crippen LogP contribution in [0.4, 0.5) is 8.78 Å². The van der Waals surface area contributed by atoms with Crippen LogP contribution in [0.1, 0.15) is 12.7 Å². The standard InChI is InChI=1S/C26H18F2N6O2/c1-2-32-24(35)18-9-5-6-10-21(18)34-22(29-30-26(32)34)14-33-25(36)17-8-4-3-7-16(17)23(31-33)15-11-12-19(27)20(28)13-15/h3-13H,2,14H2,1H3. The molecule has 0 fully saturated rings. The van der Waals surface area contributed by atoms with Gasteiger partial charge < -0.3 is 0 Å². The summed E-state index contributed by atoms with van der Waals surface area (Å²) in [4.78, 5) is 26.3. The van der Waals surface area contributed by atoms with Crippen molar-refractivity contribution in [2.45, 2.75) is 20.0 Å². The predicted molar refractivity (Wildman–Crippen MR) is 131 cm³/mol. The summed E-state index contributed by atoms with van der Waals surface area (Å²) in [7, 11) is 0. The first-order valence-electron chi connectivity index (χ1n) is 11.3. The van der Waals surface area contributed by atoms with Crippen LogP contribution in [-0.4, -0.2) is 28.9 Å². The molecule has 0 saturated heterocycles. The smallest absolute Gasteiger partial charge is 0.275 e. The van der Waals surface area contributed by atoms with E-state index in [1.165, 1.54) is 15.3 Å². The minimum absolute atomic E-state index is 0.0621. The SMILES string of the molecule is CCn1c(=O)c2ccccc2n2c(Cn3nc(-c4ccc(F)c(F)c4)c4ccccc4c3=O)nnc12. The fourth-order valence-electron chi connectivity index (χ4n) is 4.53. The Kier molecular flexibility index (Phi) is 4.96. The molecule has 6 rings (SSSR count). The lowest BCUT2D eigenvalue weighted by Gasteiger charge is -2.12. The molecule has 178 valence electrons. The Bertz CT molecular complexity index is 1940. The summed E-state index contributed by atoms with van der Waals surface area (Å²) in [6.07, 6.45) is 0. The average Bonchev–Trinajstić information content (AvgIpc) is 3.31. The molecule has 3 aromatic heterocycles. The topological polar surface area (TPSA) is 87.1 Å². The van der Waals surface area contributed by atoms with Crippen molar-refractivity contribution in [1.82, 2.24) is 28.9 Å². The lowest BCUT2D eigenvalue weighted by Crippen LogP contribution is -2.26. The second-order valence-corrected chi connectivity index (χ2v) is 8.30. The highest BCUT2D eigenvalue weighted by Gasteiger charge is 2.19. The van der Waals surface area contributed by atoms with Crippen LogP contribution in [0.5, 0.6) is 0 Å². The van der Waals surface area contributed by atoms with Gasteiger partial charge in [-0.2, -0.15) is 5.10 Å². The van der Waals surface area contributed by atoms with Gasteiger partial charge in [-0.05, 0) is 43.3 Å². The highest BCUT2D eigenvalue weighted by molar-refractivity contribution is 5.93. The van der Waals surface area contributed by atoms with E-state index in [9.17, 15) is 18.4 Å². The third kappa shape index (κ3) is 3.22. The van der Waals surface area contributed by atoms with Crippen molar-refractivity contribution in [2.75, 3.05) is 0 Å². The fourth-order valence-corrected chi connectivity index (χ4v) is 4.53. The van der Waals surface area contributed by atoms with Gasteiger partial charge >= 0.3 is 0 Å². The van der Waals surface area contributed by atoms with Gasteiger partial charge in [-0.1, -0.05) is 30.3 Å². The first-order chi connectivity index (χ1) is 17.5. The monoisotopic (exact) mass is 484 g/mol. The Morgan fingerprint density at radius 1 is 0.806 bits per heavy atom. The Labute approximate surface area is 201 Å². The van der Waals surface area contributed by atoms with E-state index >= 15 is 0 Å². The van der Waals surface area contributed by atoms with Crippen LogP contribution in [0.2, 0.25) is 0 Å². The fraction of sp³-hybridized carbons (Fsp3) is 0.115. The third-order valence-corrected chi connectivity index (χ3v) is 6.24. The first-order valence-corrected chi connectivity index (χ1v) is 11.3. The van der Waals surface area contributed by atoms with E-state index < -0.39 is 11.6 Å². The van der Waals surface area contributed by atoms with Crippen LogP contribution in [-0.2, 0) is 13.1 Å². The molecule has 0 atom stereocenters. The van der Waals surface area contributed by atoms with E-state index in [0.29, 0.717) is 51.1 Å². The van der Waals surface area contributed by atoms with Gasteiger partial charge in [-0.3, -0.25) is 18.6 Å². The molecule has 0 aliphatic rings. The summed E-state index contributed by atoms with van der Waals surface area (Å²) < 4.78 is 32.1. The van der Waals surface area contributed by atoms with Gasteiger partial charge in [0.15, 0.2) is 17.5 Å². The van der Waals surface area contributed by atoms with E-state index in [4.69, 9.17) is 0 Å². The van der Waals surface area contributed by atoms with Gasteiger partial charge in [0.1, 0.15) is 6.54 Å². The number of hydrogen-bond acceptors (Lipinski definition) is 5. The van der Waals surface area contributed by atoms with Crippen molar-refractivity contribution < 1.29 is 8.78 Å². The molecule has 0 bridgehead atoms.